The second-order valence-corrected chi connectivity index (χ2v) is 5.53. The molecule has 0 bridgehead atoms. The average Bonchev–Trinajstić information content (AvgIpc) is 2.76. The summed E-state index contributed by atoms with van der Waals surface area (Å²) in [4.78, 5) is 11.7. The van der Waals surface area contributed by atoms with Crippen molar-refractivity contribution in [3.63, 3.8) is 0 Å². The van der Waals surface area contributed by atoms with Gasteiger partial charge < -0.3 is 10.5 Å². The van der Waals surface area contributed by atoms with Crippen molar-refractivity contribution >= 4 is 5.82 Å². The van der Waals surface area contributed by atoms with Crippen LogP contribution < -0.4 is 16.0 Å². The molecule has 0 spiro atoms. The van der Waals surface area contributed by atoms with Crippen molar-refractivity contribution < 1.29 is 4.74 Å². The van der Waals surface area contributed by atoms with Crippen molar-refractivity contribution in [2.75, 3.05) is 5.73 Å². The number of nitrogens with two attached hydrogens (primary N) is 1. The molecule has 0 amide bonds. The number of hydrogen-bond donors (Lipinski definition) is 2. The molecule has 1 aromatic heterocycles. The molecule has 5 nitrogen and oxygen atoms in total. The normalized spacial score (nSPS) is 12.6. The van der Waals surface area contributed by atoms with Gasteiger partial charge in [0, 0.05) is 6.07 Å². The SMILES string of the molecule is CCC(Cn1[nH]c(N)cc1=O)Oc1ccc(C(C)C)cc1. The Hall–Kier alpha value is -2.17. The van der Waals surface area contributed by atoms with Crippen LogP contribution in [0.3, 0.4) is 0 Å². The van der Waals surface area contributed by atoms with E-state index >= 15 is 0 Å². The first-order chi connectivity index (χ1) is 9.99. The van der Waals surface area contributed by atoms with Gasteiger partial charge in [0.05, 0.1) is 6.54 Å². The molecule has 1 atom stereocenters. The molecule has 1 heterocycles. The highest BCUT2D eigenvalue weighted by Crippen LogP contribution is 2.20. The average molecular weight is 289 g/mol. The number of anilines is 1. The molecule has 0 radical (unpaired) electrons. The van der Waals surface area contributed by atoms with Crippen molar-refractivity contribution in [1.82, 2.24) is 9.78 Å². The summed E-state index contributed by atoms with van der Waals surface area (Å²) in [6.45, 7) is 6.81. The Morgan fingerprint density at radius 3 is 2.43 bits per heavy atom. The molecule has 5 heteroatoms. The van der Waals surface area contributed by atoms with Crippen molar-refractivity contribution in [3.8, 4) is 5.75 Å². The van der Waals surface area contributed by atoms with Crippen molar-refractivity contribution in [2.24, 2.45) is 0 Å². The zero-order valence-corrected chi connectivity index (χ0v) is 12.8. The van der Waals surface area contributed by atoms with E-state index in [9.17, 15) is 4.79 Å². The molecule has 0 aliphatic rings. The molecule has 0 fully saturated rings. The van der Waals surface area contributed by atoms with Crippen LogP contribution >= 0.6 is 0 Å². The van der Waals surface area contributed by atoms with Gasteiger partial charge in [0.2, 0.25) is 0 Å². The van der Waals surface area contributed by atoms with E-state index in [1.165, 1.54) is 16.3 Å². The second-order valence-electron chi connectivity index (χ2n) is 5.53. The van der Waals surface area contributed by atoms with Crippen LogP contribution in [0.25, 0.3) is 0 Å². The van der Waals surface area contributed by atoms with Gasteiger partial charge in [-0.1, -0.05) is 32.9 Å². The lowest BCUT2D eigenvalue weighted by Crippen LogP contribution is -2.28. The Kier molecular flexibility index (Phi) is 4.73. The van der Waals surface area contributed by atoms with Crippen molar-refractivity contribution in [3.05, 3.63) is 46.2 Å². The largest absolute Gasteiger partial charge is 0.489 e. The maximum atomic E-state index is 11.7. The van der Waals surface area contributed by atoms with E-state index in [0.717, 1.165) is 12.2 Å². The lowest BCUT2D eigenvalue weighted by Gasteiger charge is -2.18. The molecule has 0 saturated heterocycles. The minimum atomic E-state index is -0.135. The number of H-pyrrole nitrogens is 1. The lowest BCUT2D eigenvalue weighted by atomic mass is 10.0. The zero-order valence-electron chi connectivity index (χ0n) is 12.8. The maximum absolute atomic E-state index is 11.7. The highest BCUT2D eigenvalue weighted by atomic mass is 16.5. The van der Waals surface area contributed by atoms with Crippen LogP contribution in [-0.4, -0.2) is 15.9 Å². The highest BCUT2D eigenvalue weighted by molar-refractivity contribution is 5.29. The fraction of sp³-hybridized carbons (Fsp3) is 0.438. The van der Waals surface area contributed by atoms with Gasteiger partial charge in [-0.3, -0.25) is 9.89 Å². The zero-order chi connectivity index (χ0) is 15.4. The van der Waals surface area contributed by atoms with Crippen LogP contribution in [0, 0.1) is 0 Å². The van der Waals surface area contributed by atoms with E-state index in [0.29, 0.717) is 18.3 Å². The van der Waals surface area contributed by atoms with E-state index in [-0.39, 0.29) is 11.7 Å². The Bertz CT molecular complexity index is 626. The van der Waals surface area contributed by atoms with E-state index in [2.05, 4.69) is 31.1 Å². The third-order valence-electron chi connectivity index (χ3n) is 3.50. The van der Waals surface area contributed by atoms with E-state index in [1.807, 2.05) is 19.1 Å². The van der Waals surface area contributed by atoms with Gasteiger partial charge in [-0.15, -0.1) is 0 Å². The molecule has 3 N–H and O–H groups in total. The lowest BCUT2D eigenvalue weighted by molar-refractivity contribution is 0.169. The van der Waals surface area contributed by atoms with Crippen molar-refractivity contribution in [1.29, 1.82) is 0 Å². The Morgan fingerprint density at radius 1 is 1.29 bits per heavy atom. The monoisotopic (exact) mass is 289 g/mol. The Balaban J connectivity index is 2.05. The standard InChI is InChI=1S/C16H23N3O2/c1-4-13(10-19-16(20)9-15(17)18-19)21-14-7-5-12(6-8-14)11(2)3/h5-9,11,13,18H,4,10,17H2,1-3H3. The van der Waals surface area contributed by atoms with Gasteiger partial charge in [0.15, 0.2) is 0 Å². The van der Waals surface area contributed by atoms with Gasteiger partial charge in [-0.25, -0.2) is 4.68 Å². The third kappa shape index (κ3) is 3.90. The molecule has 21 heavy (non-hydrogen) atoms. The minimum Gasteiger partial charge on any atom is -0.489 e. The van der Waals surface area contributed by atoms with Crippen LogP contribution in [0.1, 0.15) is 38.7 Å². The maximum Gasteiger partial charge on any atom is 0.268 e. The quantitative estimate of drug-likeness (QED) is 0.858. The number of hydrogen-bond acceptors (Lipinski definition) is 3. The number of aromatic nitrogens is 2. The summed E-state index contributed by atoms with van der Waals surface area (Å²) in [6, 6.07) is 9.48. The van der Waals surface area contributed by atoms with Gasteiger partial charge >= 0.3 is 0 Å². The number of rotatable bonds is 6. The summed E-state index contributed by atoms with van der Waals surface area (Å²) < 4.78 is 7.42. The number of aromatic amines is 1. The predicted molar refractivity (Wildman–Crippen MR) is 84.7 cm³/mol. The van der Waals surface area contributed by atoms with Gasteiger partial charge in [-0.05, 0) is 30.0 Å². The van der Waals surface area contributed by atoms with E-state index in [4.69, 9.17) is 10.5 Å². The second kappa shape index (κ2) is 6.52. The first kappa shape index (κ1) is 15.2. The number of nitrogens with zero attached hydrogens (tertiary/aromatic N) is 1. The van der Waals surface area contributed by atoms with Crippen LogP contribution in [0.5, 0.6) is 5.75 Å². The smallest absolute Gasteiger partial charge is 0.268 e. The summed E-state index contributed by atoms with van der Waals surface area (Å²) in [5, 5.41) is 2.82. The Morgan fingerprint density at radius 2 is 1.95 bits per heavy atom. The first-order valence-electron chi connectivity index (χ1n) is 7.31. The summed E-state index contributed by atoms with van der Waals surface area (Å²) in [7, 11) is 0. The Labute approximate surface area is 124 Å². The van der Waals surface area contributed by atoms with Crippen LogP contribution in [0.2, 0.25) is 0 Å². The third-order valence-corrected chi connectivity index (χ3v) is 3.50. The summed E-state index contributed by atoms with van der Waals surface area (Å²) in [5.41, 5.74) is 6.72. The number of ether oxygens (including phenoxy) is 1. The van der Waals surface area contributed by atoms with Gasteiger partial charge in [0.25, 0.3) is 5.56 Å². The van der Waals surface area contributed by atoms with E-state index in [1.54, 1.807) is 0 Å². The molecule has 1 aromatic carbocycles. The first-order valence-corrected chi connectivity index (χ1v) is 7.31. The topological polar surface area (TPSA) is 73.0 Å². The van der Waals surface area contributed by atoms with Crippen LogP contribution in [-0.2, 0) is 6.54 Å². The molecule has 2 aromatic rings. The predicted octanol–water partition coefficient (Wildman–Crippen LogP) is 2.74. The van der Waals surface area contributed by atoms with E-state index < -0.39 is 0 Å². The molecule has 1 unspecified atom stereocenters. The van der Waals surface area contributed by atoms with Crippen LogP contribution in [0.4, 0.5) is 5.82 Å². The summed E-state index contributed by atoms with van der Waals surface area (Å²) in [6.07, 6.45) is 0.725. The molecule has 2 rings (SSSR count). The number of benzene rings is 1. The molecule has 0 saturated carbocycles. The highest BCUT2D eigenvalue weighted by Gasteiger charge is 2.12. The summed E-state index contributed by atoms with van der Waals surface area (Å²) in [5.74, 6) is 1.69. The molecular weight excluding hydrogens is 266 g/mol. The molecule has 114 valence electrons. The van der Waals surface area contributed by atoms with Gasteiger partial charge in [0.1, 0.15) is 17.7 Å². The fourth-order valence-corrected chi connectivity index (χ4v) is 2.17. The van der Waals surface area contributed by atoms with Crippen molar-refractivity contribution in [2.45, 2.75) is 45.8 Å². The molecule has 0 aliphatic carbocycles. The molecule has 0 aliphatic heterocycles. The van der Waals surface area contributed by atoms with Crippen LogP contribution in [0.15, 0.2) is 35.1 Å². The fourth-order valence-electron chi connectivity index (χ4n) is 2.17. The summed E-state index contributed by atoms with van der Waals surface area (Å²) >= 11 is 0. The number of nitrogen functional groups attached to an aromatic ring is 1. The minimum absolute atomic E-state index is 0.0781. The van der Waals surface area contributed by atoms with Gasteiger partial charge in [-0.2, -0.15) is 0 Å². The molecular formula is C16H23N3O2. The number of nitrogens with one attached hydrogen (secondary N) is 1.